The summed E-state index contributed by atoms with van der Waals surface area (Å²) in [5, 5.41) is 2.88. The van der Waals surface area contributed by atoms with Crippen LogP contribution in [-0.2, 0) is 24.3 Å². The molecule has 0 saturated heterocycles. The predicted molar refractivity (Wildman–Crippen MR) is 118 cm³/mol. The summed E-state index contributed by atoms with van der Waals surface area (Å²) in [6.45, 7) is 3.95. The Morgan fingerprint density at radius 1 is 1.00 bits per heavy atom. The highest BCUT2D eigenvalue weighted by Crippen LogP contribution is 2.08. The van der Waals surface area contributed by atoms with E-state index in [4.69, 9.17) is 0 Å². The van der Waals surface area contributed by atoms with Gasteiger partial charge in [-0.2, -0.15) is 0 Å². The van der Waals surface area contributed by atoms with Gasteiger partial charge in [0.25, 0.3) is 5.56 Å². The van der Waals surface area contributed by atoms with E-state index in [1.807, 2.05) is 56.3 Å². The van der Waals surface area contributed by atoms with E-state index in [1.165, 1.54) is 22.4 Å². The molecule has 1 atom stereocenters. The van der Waals surface area contributed by atoms with E-state index >= 15 is 0 Å². The van der Waals surface area contributed by atoms with Gasteiger partial charge < -0.3 is 5.32 Å². The molecular formula is C24H27N3O3. The van der Waals surface area contributed by atoms with E-state index in [1.54, 1.807) is 0 Å². The molecule has 1 heterocycles. The van der Waals surface area contributed by atoms with Crippen molar-refractivity contribution in [3.63, 3.8) is 0 Å². The zero-order valence-corrected chi connectivity index (χ0v) is 17.4. The lowest BCUT2D eigenvalue weighted by Gasteiger charge is -2.15. The van der Waals surface area contributed by atoms with Crippen molar-refractivity contribution in [2.75, 3.05) is 0 Å². The van der Waals surface area contributed by atoms with Gasteiger partial charge in [-0.1, -0.05) is 54.6 Å². The van der Waals surface area contributed by atoms with Crippen LogP contribution in [-0.4, -0.2) is 21.1 Å². The molecule has 0 saturated carbocycles. The molecule has 0 spiro atoms. The van der Waals surface area contributed by atoms with Crippen molar-refractivity contribution in [3.05, 3.63) is 104 Å². The number of aromatic nitrogens is 2. The third kappa shape index (κ3) is 5.56. The first-order chi connectivity index (χ1) is 14.4. The smallest absolute Gasteiger partial charge is 0.331 e. The Balaban J connectivity index is 1.65. The highest BCUT2D eigenvalue weighted by Gasteiger charge is 2.13. The summed E-state index contributed by atoms with van der Waals surface area (Å²) in [5.41, 5.74) is 2.29. The van der Waals surface area contributed by atoms with Gasteiger partial charge in [-0.3, -0.25) is 18.7 Å². The summed E-state index contributed by atoms with van der Waals surface area (Å²) in [4.78, 5) is 37.4. The van der Waals surface area contributed by atoms with Crippen LogP contribution < -0.4 is 16.6 Å². The van der Waals surface area contributed by atoms with Crippen molar-refractivity contribution in [2.45, 2.75) is 45.8 Å². The second-order valence-corrected chi connectivity index (χ2v) is 7.57. The van der Waals surface area contributed by atoms with E-state index in [0.29, 0.717) is 6.54 Å². The van der Waals surface area contributed by atoms with Crippen LogP contribution >= 0.6 is 0 Å². The molecule has 1 unspecified atom stereocenters. The molecule has 156 valence electrons. The summed E-state index contributed by atoms with van der Waals surface area (Å²) in [6.07, 6.45) is 3.10. The number of hydrogen-bond donors (Lipinski definition) is 1. The summed E-state index contributed by atoms with van der Waals surface area (Å²) >= 11 is 0. The Kier molecular flexibility index (Phi) is 7.01. The van der Waals surface area contributed by atoms with Crippen molar-refractivity contribution >= 4 is 5.91 Å². The molecule has 1 amide bonds. The third-order valence-corrected chi connectivity index (χ3v) is 5.16. The van der Waals surface area contributed by atoms with E-state index in [2.05, 4.69) is 17.4 Å². The fraction of sp³-hybridized carbons (Fsp3) is 0.292. The lowest BCUT2D eigenvalue weighted by Crippen LogP contribution is -2.44. The SMILES string of the molecule is Cc1ccccc1Cn1ccc(=O)n(CC(=O)NC(C)CCc2ccccc2)c1=O. The number of hydrogen-bond acceptors (Lipinski definition) is 3. The largest absolute Gasteiger partial charge is 0.352 e. The second-order valence-electron chi connectivity index (χ2n) is 7.57. The summed E-state index contributed by atoms with van der Waals surface area (Å²) < 4.78 is 2.44. The van der Waals surface area contributed by atoms with Crippen LogP contribution in [0.2, 0.25) is 0 Å². The minimum Gasteiger partial charge on any atom is -0.352 e. The fourth-order valence-electron chi connectivity index (χ4n) is 3.36. The number of benzene rings is 2. The lowest BCUT2D eigenvalue weighted by molar-refractivity contribution is -0.122. The van der Waals surface area contributed by atoms with E-state index in [-0.39, 0.29) is 18.5 Å². The first-order valence-electron chi connectivity index (χ1n) is 10.1. The number of rotatable bonds is 8. The molecule has 3 aromatic rings. The normalized spacial score (nSPS) is 11.8. The van der Waals surface area contributed by atoms with Crippen LogP contribution in [0.25, 0.3) is 0 Å². The van der Waals surface area contributed by atoms with Crippen LogP contribution in [0.5, 0.6) is 0 Å². The Bertz CT molecular complexity index is 1120. The van der Waals surface area contributed by atoms with Gasteiger partial charge in [0.2, 0.25) is 5.91 Å². The van der Waals surface area contributed by atoms with Crippen molar-refractivity contribution < 1.29 is 4.79 Å². The number of amides is 1. The molecule has 0 aliphatic carbocycles. The van der Waals surface area contributed by atoms with Crippen LogP contribution in [0.15, 0.2) is 76.4 Å². The molecule has 1 N–H and O–H groups in total. The quantitative estimate of drug-likeness (QED) is 0.626. The topological polar surface area (TPSA) is 73.1 Å². The fourth-order valence-corrected chi connectivity index (χ4v) is 3.36. The highest BCUT2D eigenvalue weighted by molar-refractivity contribution is 5.75. The first-order valence-corrected chi connectivity index (χ1v) is 10.1. The highest BCUT2D eigenvalue weighted by atomic mass is 16.2. The molecule has 0 fully saturated rings. The number of carbonyl (C=O) groups excluding carboxylic acids is 1. The molecule has 6 heteroatoms. The standard InChI is InChI=1S/C24H27N3O3/c1-18-8-6-7-11-21(18)16-26-15-14-23(29)27(24(26)30)17-22(28)25-19(2)12-13-20-9-4-3-5-10-20/h3-11,14-15,19H,12-13,16-17H2,1-2H3,(H,25,28). The van der Waals surface area contributed by atoms with Crippen LogP contribution in [0.1, 0.15) is 30.0 Å². The van der Waals surface area contributed by atoms with Crippen LogP contribution in [0.4, 0.5) is 0 Å². The zero-order chi connectivity index (χ0) is 21.5. The number of nitrogens with one attached hydrogen (secondary N) is 1. The molecule has 0 radical (unpaired) electrons. The molecule has 1 aromatic heterocycles. The Morgan fingerprint density at radius 3 is 2.43 bits per heavy atom. The molecular weight excluding hydrogens is 378 g/mol. The minimum absolute atomic E-state index is 0.0636. The maximum atomic E-state index is 12.8. The Labute approximate surface area is 175 Å². The summed E-state index contributed by atoms with van der Waals surface area (Å²) in [5.74, 6) is -0.344. The van der Waals surface area contributed by atoms with Gasteiger partial charge in [-0.05, 0) is 43.4 Å². The molecule has 2 aromatic carbocycles. The molecule has 30 heavy (non-hydrogen) atoms. The van der Waals surface area contributed by atoms with Crippen molar-refractivity contribution in [3.8, 4) is 0 Å². The number of nitrogens with zero attached hydrogens (tertiary/aromatic N) is 2. The first kappa shape index (κ1) is 21.3. The summed E-state index contributed by atoms with van der Waals surface area (Å²) in [6, 6.07) is 19.1. The van der Waals surface area contributed by atoms with Gasteiger partial charge in [-0.25, -0.2) is 4.79 Å². The van der Waals surface area contributed by atoms with E-state index < -0.39 is 11.2 Å². The van der Waals surface area contributed by atoms with Gasteiger partial charge >= 0.3 is 5.69 Å². The second kappa shape index (κ2) is 9.87. The summed E-state index contributed by atoms with van der Waals surface area (Å²) in [7, 11) is 0. The molecule has 0 bridgehead atoms. The molecule has 6 nitrogen and oxygen atoms in total. The predicted octanol–water partition coefficient (Wildman–Crippen LogP) is 2.50. The minimum atomic E-state index is -0.488. The van der Waals surface area contributed by atoms with Gasteiger partial charge in [0.05, 0.1) is 6.54 Å². The van der Waals surface area contributed by atoms with Gasteiger partial charge in [0.15, 0.2) is 0 Å². The lowest BCUT2D eigenvalue weighted by atomic mass is 10.1. The van der Waals surface area contributed by atoms with Crippen molar-refractivity contribution in [2.24, 2.45) is 0 Å². The molecule has 0 aliphatic rings. The van der Waals surface area contributed by atoms with Crippen LogP contribution in [0.3, 0.4) is 0 Å². The van der Waals surface area contributed by atoms with Crippen LogP contribution in [0, 0.1) is 6.92 Å². The molecule has 0 aliphatic heterocycles. The molecule has 3 rings (SSSR count). The average molecular weight is 405 g/mol. The van der Waals surface area contributed by atoms with Crippen molar-refractivity contribution in [1.29, 1.82) is 0 Å². The van der Waals surface area contributed by atoms with Crippen molar-refractivity contribution in [1.82, 2.24) is 14.5 Å². The number of carbonyl (C=O) groups is 1. The Hall–Kier alpha value is -3.41. The third-order valence-electron chi connectivity index (χ3n) is 5.16. The maximum Gasteiger partial charge on any atom is 0.331 e. The maximum absolute atomic E-state index is 12.8. The number of aryl methyl sites for hydroxylation is 2. The zero-order valence-electron chi connectivity index (χ0n) is 17.4. The van der Waals surface area contributed by atoms with E-state index in [9.17, 15) is 14.4 Å². The van der Waals surface area contributed by atoms with Gasteiger partial charge in [-0.15, -0.1) is 0 Å². The Morgan fingerprint density at radius 2 is 1.70 bits per heavy atom. The average Bonchev–Trinajstić information content (AvgIpc) is 2.74. The monoisotopic (exact) mass is 405 g/mol. The van der Waals surface area contributed by atoms with Gasteiger partial charge in [0, 0.05) is 18.3 Å². The van der Waals surface area contributed by atoms with Gasteiger partial charge in [0.1, 0.15) is 6.54 Å². The van der Waals surface area contributed by atoms with E-state index in [0.717, 1.165) is 28.5 Å².